The molecule has 2 heterocycles. The van der Waals surface area contributed by atoms with Crippen LogP contribution in [0.25, 0.3) is 11.3 Å². The minimum absolute atomic E-state index is 0.0490. The van der Waals surface area contributed by atoms with E-state index in [0.717, 1.165) is 42.4 Å². The van der Waals surface area contributed by atoms with Crippen molar-refractivity contribution in [3.05, 3.63) is 69.4 Å². The van der Waals surface area contributed by atoms with Gasteiger partial charge in [0.2, 0.25) is 0 Å². The number of unbranched alkanes of at least 4 members (excludes halogenated alkanes) is 2. The number of nitrogens with zero attached hydrogens (tertiary/aromatic N) is 2. The Bertz CT molecular complexity index is 1100. The van der Waals surface area contributed by atoms with E-state index in [2.05, 4.69) is 48.3 Å². The maximum atomic E-state index is 13.3. The van der Waals surface area contributed by atoms with Gasteiger partial charge in [-0.25, -0.2) is 0 Å². The molecule has 1 atom stereocenters. The monoisotopic (exact) mass is 437 g/mol. The number of phenols is 1. The molecular weight excluding hydrogens is 410 g/mol. The van der Waals surface area contributed by atoms with Crippen molar-refractivity contribution < 1.29 is 9.90 Å². The van der Waals surface area contributed by atoms with Gasteiger partial charge >= 0.3 is 0 Å². The predicted octanol–water partition coefficient (Wildman–Crippen LogP) is 6.04. The van der Waals surface area contributed by atoms with E-state index in [1.807, 2.05) is 11.8 Å². The highest BCUT2D eigenvalue weighted by Gasteiger charge is 2.42. The Morgan fingerprint density at radius 1 is 1.16 bits per heavy atom. The zero-order valence-electron chi connectivity index (χ0n) is 18.2. The molecule has 31 heavy (non-hydrogen) atoms. The first-order valence-electron chi connectivity index (χ1n) is 10.9. The Hall–Kier alpha value is -2.79. The lowest BCUT2D eigenvalue weighted by atomic mass is 9.94. The minimum atomic E-state index is -0.251. The topological polar surface area (TPSA) is 69.2 Å². The molecule has 0 saturated carbocycles. The van der Waals surface area contributed by atoms with Crippen LogP contribution in [-0.2, 0) is 6.42 Å². The zero-order chi connectivity index (χ0) is 22.1. The van der Waals surface area contributed by atoms with Gasteiger partial charge in [-0.05, 0) is 48.6 Å². The third kappa shape index (κ3) is 3.83. The maximum absolute atomic E-state index is 13.3. The molecule has 0 bridgehead atoms. The van der Waals surface area contributed by atoms with Crippen molar-refractivity contribution in [3.8, 4) is 17.0 Å². The predicted molar refractivity (Wildman–Crippen MR) is 124 cm³/mol. The third-order valence-electron chi connectivity index (χ3n) is 6.10. The molecule has 6 heteroatoms. The van der Waals surface area contributed by atoms with Crippen LogP contribution in [0.1, 0.15) is 71.9 Å². The quantitative estimate of drug-likeness (QED) is 0.442. The second kappa shape index (κ2) is 8.75. The van der Waals surface area contributed by atoms with Crippen LogP contribution in [0, 0.1) is 6.92 Å². The molecule has 0 fully saturated rings. The van der Waals surface area contributed by atoms with Crippen molar-refractivity contribution in [2.24, 2.45) is 0 Å². The van der Waals surface area contributed by atoms with Gasteiger partial charge in [0.25, 0.3) is 5.91 Å². The SMILES string of the molecule is CCCCCN1C(=O)c2[nH]nc(-c3cc(Cl)c(C)cc3O)c2C1c1ccc(CC)cc1. The number of aromatic nitrogens is 2. The number of hydrogen-bond donors (Lipinski definition) is 2. The molecule has 3 aromatic rings. The lowest BCUT2D eigenvalue weighted by molar-refractivity contribution is 0.0740. The summed E-state index contributed by atoms with van der Waals surface area (Å²) in [5.74, 6) is 0.0558. The summed E-state index contributed by atoms with van der Waals surface area (Å²) >= 11 is 6.36. The Morgan fingerprint density at radius 2 is 1.90 bits per heavy atom. The molecule has 0 aliphatic carbocycles. The van der Waals surface area contributed by atoms with Gasteiger partial charge in [-0.1, -0.05) is 62.6 Å². The van der Waals surface area contributed by atoms with E-state index in [4.69, 9.17) is 11.6 Å². The van der Waals surface area contributed by atoms with Crippen LogP contribution in [0.15, 0.2) is 36.4 Å². The summed E-state index contributed by atoms with van der Waals surface area (Å²) in [4.78, 5) is 15.2. The van der Waals surface area contributed by atoms with Crippen LogP contribution >= 0.6 is 11.6 Å². The van der Waals surface area contributed by atoms with Crippen LogP contribution in [0.4, 0.5) is 0 Å². The second-order valence-corrected chi connectivity index (χ2v) is 8.59. The van der Waals surface area contributed by atoms with E-state index >= 15 is 0 Å². The number of benzene rings is 2. The van der Waals surface area contributed by atoms with E-state index < -0.39 is 0 Å². The average molecular weight is 438 g/mol. The van der Waals surface area contributed by atoms with Gasteiger partial charge in [-0.2, -0.15) is 5.10 Å². The molecule has 0 radical (unpaired) electrons. The maximum Gasteiger partial charge on any atom is 0.273 e. The molecule has 1 aliphatic heterocycles. The highest BCUT2D eigenvalue weighted by atomic mass is 35.5. The molecule has 1 aromatic heterocycles. The van der Waals surface area contributed by atoms with Gasteiger partial charge in [0, 0.05) is 22.7 Å². The van der Waals surface area contributed by atoms with Gasteiger partial charge in [0.15, 0.2) is 0 Å². The second-order valence-electron chi connectivity index (χ2n) is 8.18. The Labute approximate surface area is 188 Å². The summed E-state index contributed by atoms with van der Waals surface area (Å²) in [6, 6.07) is 11.5. The van der Waals surface area contributed by atoms with Crippen molar-refractivity contribution in [3.63, 3.8) is 0 Å². The normalized spacial score (nSPS) is 15.5. The lowest BCUT2D eigenvalue weighted by Crippen LogP contribution is -2.30. The molecule has 2 N–H and O–H groups in total. The molecule has 0 spiro atoms. The molecule has 1 amide bonds. The highest BCUT2D eigenvalue weighted by Crippen LogP contribution is 2.45. The summed E-state index contributed by atoms with van der Waals surface area (Å²) < 4.78 is 0. The molecular formula is C25H28ClN3O2. The number of nitrogens with one attached hydrogen (secondary N) is 1. The van der Waals surface area contributed by atoms with E-state index in [1.54, 1.807) is 12.1 Å². The fourth-order valence-corrected chi connectivity index (χ4v) is 4.47. The molecule has 162 valence electrons. The Morgan fingerprint density at radius 3 is 2.58 bits per heavy atom. The average Bonchev–Trinajstić information content (AvgIpc) is 3.30. The number of phenolic OH excluding ortho intramolecular Hbond substituents is 1. The van der Waals surface area contributed by atoms with Gasteiger partial charge < -0.3 is 10.0 Å². The van der Waals surface area contributed by atoms with Crippen LogP contribution in [0.2, 0.25) is 5.02 Å². The van der Waals surface area contributed by atoms with Crippen molar-refractivity contribution in [2.75, 3.05) is 6.54 Å². The first-order valence-corrected chi connectivity index (χ1v) is 11.3. The van der Waals surface area contributed by atoms with Gasteiger partial charge in [-0.15, -0.1) is 0 Å². The van der Waals surface area contributed by atoms with Crippen molar-refractivity contribution in [1.29, 1.82) is 0 Å². The van der Waals surface area contributed by atoms with Crippen LogP contribution in [-0.4, -0.2) is 32.7 Å². The molecule has 4 rings (SSSR count). The van der Waals surface area contributed by atoms with E-state index in [9.17, 15) is 9.90 Å². The molecule has 0 saturated heterocycles. The Kier molecular flexibility index (Phi) is 6.05. The summed E-state index contributed by atoms with van der Waals surface area (Å²) in [5, 5.41) is 18.6. The molecule has 2 aromatic carbocycles. The van der Waals surface area contributed by atoms with Crippen molar-refractivity contribution >= 4 is 17.5 Å². The molecule has 1 unspecified atom stereocenters. The third-order valence-corrected chi connectivity index (χ3v) is 6.51. The molecule has 1 aliphatic rings. The van der Waals surface area contributed by atoms with Crippen LogP contribution < -0.4 is 0 Å². The minimum Gasteiger partial charge on any atom is -0.507 e. The number of hydrogen-bond acceptors (Lipinski definition) is 3. The van der Waals surface area contributed by atoms with Gasteiger partial charge in [-0.3, -0.25) is 9.89 Å². The van der Waals surface area contributed by atoms with E-state index in [0.29, 0.717) is 28.5 Å². The zero-order valence-corrected chi connectivity index (χ0v) is 19.0. The van der Waals surface area contributed by atoms with E-state index in [1.165, 1.54) is 5.56 Å². The highest BCUT2D eigenvalue weighted by molar-refractivity contribution is 6.31. The first kappa shape index (κ1) is 21.4. The summed E-state index contributed by atoms with van der Waals surface area (Å²) in [6.45, 7) is 6.80. The van der Waals surface area contributed by atoms with Crippen LogP contribution in [0.5, 0.6) is 5.75 Å². The number of rotatable bonds is 7. The van der Waals surface area contributed by atoms with Gasteiger partial charge in [0.1, 0.15) is 17.1 Å². The fourth-order valence-electron chi connectivity index (χ4n) is 4.30. The number of halogens is 1. The van der Waals surface area contributed by atoms with Crippen molar-refractivity contribution in [1.82, 2.24) is 15.1 Å². The number of carbonyl (C=O) groups excluding carboxylic acids is 1. The largest absolute Gasteiger partial charge is 0.507 e. The van der Waals surface area contributed by atoms with Crippen molar-refractivity contribution in [2.45, 2.75) is 52.5 Å². The fraction of sp³-hybridized carbons (Fsp3) is 0.360. The summed E-state index contributed by atoms with van der Waals surface area (Å²) in [5.41, 5.74) is 5.49. The smallest absolute Gasteiger partial charge is 0.273 e. The number of aromatic hydroxyl groups is 1. The lowest BCUT2D eigenvalue weighted by Gasteiger charge is -2.26. The number of fused-ring (bicyclic) bond motifs is 1. The number of aromatic amines is 1. The summed E-state index contributed by atoms with van der Waals surface area (Å²) in [6.07, 6.45) is 4.06. The number of amides is 1. The van der Waals surface area contributed by atoms with Gasteiger partial charge in [0.05, 0.1) is 6.04 Å². The van der Waals surface area contributed by atoms with Crippen LogP contribution in [0.3, 0.4) is 0 Å². The number of aryl methyl sites for hydroxylation is 2. The Balaban J connectivity index is 1.84. The number of carbonyl (C=O) groups is 1. The molecule has 5 nitrogen and oxygen atoms in total. The van der Waals surface area contributed by atoms with E-state index in [-0.39, 0.29) is 17.7 Å². The standard InChI is InChI=1S/C25H28ClN3O2/c1-4-6-7-12-29-24(17-10-8-16(5-2)9-11-17)21-22(27-28-23(21)25(29)31)18-14-19(26)15(3)13-20(18)30/h8-11,13-14,24,30H,4-7,12H2,1-3H3,(H,27,28). The first-order chi connectivity index (χ1) is 15.0. The number of H-pyrrole nitrogens is 1. The summed E-state index contributed by atoms with van der Waals surface area (Å²) in [7, 11) is 0.